The Balaban J connectivity index is 2.67. The van der Waals surface area contributed by atoms with Crippen LogP contribution in [0.4, 0.5) is 4.79 Å². The number of likely N-dealkylation sites (N-methyl/N-ethyl adjacent to an activating group) is 1. The van der Waals surface area contributed by atoms with Crippen LogP contribution in [-0.4, -0.2) is 35.7 Å². The van der Waals surface area contributed by atoms with E-state index in [4.69, 9.17) is 9.52 Å². The third-order valence-corrected chi connectivity index (χ3v) is 3.13. The van der Waals surface area contributed by atoms with Crippen LogP contribution in [-0.2, 0) is 0 Å². The van der Waals surface area contributed by atoms with E-state index in [0.717, 1.165) is 17.1 Å². The van der Waals surface area contributed by atoms with Gasteiger partial charge in [0.25, 0.3) is 0 Å². The van der Waals surface area contributed by atoms with Gasteiger partial charge in [-0.3, -0.25) is 0 Å². The standard InChI is InChI=1S/C13H22N2O3/c1-8(7-16)15(5)13(17)14-10(3)12-6-9(2)18-11(12)4/h6,8,10,16H,7H2,1-5H3,(H,14,17). The van der Waals surface area contributed by atoms with Crippen molar-refractivity contribution in [2.75, 3.05) is 13.7 Å². The predicted octanol–water partition coefficient (Wildman–Crippen LogP) is 1.98. The quantitative estimate of drug-likeness (QED) is 0.863. The molecule has 0 saturated carbocycles. The van der Waals surface area contributed by atoms with Gasteiger partial charge in [-0.25, -0.2) is 4.79 Å². The number of nitrogens with one attached hydrogen (secondary N) is 1. The Kier molecular flexibility index (Phi) is 4.78. The van der Waals surface area contributed by atoms with Crippen molar-refractivity contribution >= 4 is 6.03 Å². The molecule has 102 valence electrons. The van der Waals surface area contributed by atoms with Crippen molar-refractivity contribution in [1.82, 2.24) is 10.2 Å². The summed E-state index contributed by atoms with van der Waals surface area (Å²) >= 11 is 0. The van der Waals surface area contributed by atoms with Gasteiger partial charge in [0.15, 0.2) is 0 Å². The molecule has 0 aliphatic heterocycles. The monoisotopic (exact) mass is 254 g/mol. The van der Waals surface area contributed by atoms with Crippen molar-refractivity contribution in [2.45, 2.75) is 39.8 Å². The predicted molar refractivity (Wildman–Crippen MR) is 69.4 cm³/mol. The van der Waals surface area contributed by atoms with Gasteiger partial charge in [0, 0.05) is 12.6 Å². The van der Waals surface area contributed by atoms with Gasteiger partial charge >= 0.3 is 6.03 Å². The third kappa shape index (κ3) is 3.26. The van der Waals surface area contributed by atoms with Gasteiger partial charge in [-0.05, 0) is 33.8 Å². The summed E-state index contributed by atoms with van der Waals surface area (Å²) in [6.45, 7) is 7.41. The van der Waals surface area contributed by atoms with Crippen molar-refractivity contribution in [3.8, 4) is 0 Å². The van der Waals surface area contributed by atoms with Crippen molar-refractivity contribution in [1.29, 1.82) is 0 Å². The van der Waals surface area contributed by atoms with Gasteiger partial charge in [-0.1, -0.05) is 0 Å². The molecule has 0 radical (unpaired) electrons. The van der Waals surface area contributed by atoms with Crippen LogP contribution in [0.1, 0.15) is 37.0 Å². The number of carbonyl (C=O) groups excluding carboxylic acids is 1. The van der Waals surface area contributed by atoms with Crippen LogP contribution in [0.25, 0.3) is 0 Å². The second kappa shape index (κ2) is 5.91. The van der Waals surface area contributed by atoms with Gasteiger partial charge in [-0.15, -0.1) is 0 Å². The largest absolute Gasteiger partial charge is 0.466 e. The molecule has 2 N–H and O–H groups in total. The van der Waals surface area contributed by atoms with E-state index in [1.807, 2.05) is 26.8 Å². The molecule has 18 heavy (non-hydrogen) atoms. The van der Waals surface area contributed by atoms with E-state index in [1.54, 1.807) is 14.0 Å². The number of aryl methyl sites for hydroxylation is 2. The lowest BCUT2D eigenvalue weighted by molar-refractivity contribution is 0.155. The number of hydrogen-bond donors (Lipinski definition) is 2. The molecule has 0 aromatic carbocycles. The fraction of sp³-hybridized carbons (Fsp3) is 0.615. The van der Waals surface area contributed by atoms with E-state index in [1.165, 1.54) is 4.90 Å². The van der Waals surface area contributed by atoms with E-state index in [2.05, 4.69) is 5.32 Å². The zero-order chi connectivity index (χ0) is 13.9. The Morgan fingerprint density at radius 2 is 2.11 bits per heavy atom. The highest BCUT2D eigenvalue weighted by molar-refractivity contribution is 5.74. The fourth-order valence-corrected chi connectivity index (χ4v) is 1.77. The van der Waals surface area contributed by atoms with Gasteiger partial charge in [-0.2, -0.15) is 0 Å². The number of urea groups is 1. The highest BCUT2D eigenvalue weighted by Crippen LogP contribution is 2.21. The van der Waals surface area contributed by atoms with Crippen LogP contribution in [0.3, 0.4) is 0 Å². The number of rotatable bonds is 4. The van der Waals surface area contributed by atoms with Gasteiger partial charge in [0.05, 0.1) is 18.7 Å². The molecular weight excluding hydrogens is 232 g/mol. The minimum Gasteiger partial charge on any atom is -0.466 e. The normalized spacial score (nSPS) is 14.1. The molecule has 0 aliphatic rings. The zero-order valence-electron chi connectivity index (χ0n) is 11.7. The summed E-state index contributed by atoms with van der Waals surface area (Å²) in [5.41, 5.74) is 0.978. The summed E-state index contributed by atoms with van der Waals surface area (Å²) < 4.78 is 5.44. The molecule has 0 aliphatic carbocycles. The summed E-state index contributed by atoms with van der Waals surface area (Å²) in [4.78, 5) is 13.4. The average Bonchev–Trinajstić information content (AvgIpc) is 2.66. The Morgan fingerprint density at radius 3 is 2.56 bits per heavy atom. The Bertz CT molecular complexity index is 414. The number of furan rings is 1. The smallest absolute Gasteiger partial charge is 0.317 e. The maximum atomic E-state index is 11.9. The van der Waals surface area contributed by atoms with E-state index >= 15 is 0 Å². The van der Waals surface area contributed by atoms with Gasteiger partial charge in [0.1, 0.15) is 11.5 Å². The van der Waals surface area contributed by atoms with Gasteiger partial charge in [0.2, 0.25) is 0 Å². The van der Waals surface area contributed by atoms with Crippen LogP contribution < -0.4 is 5.32 Å². The van der Waals surface area contributed by atoms with Crippen molar-refractivity contribution in [3.05, 3.63) is 23.2 Å². The van der Waals surface area contributed by atoms with E-state index in [9.17, 15) is 4.79 Å². The number of amides is 2. The van der Waals surface area contributed by atoms with Crippen molar-refractivity contribution < 1.29 is 14.3 Å². The molecule has 1 rings (SSSR count). The molecule has 1 aromatic rings. The third-order valence-electron chi connectivity index (χ3n) is 3.13. The summed E-state index contributed by atoms with van der Waals surface area (Å²) in [6.07, 6.45) is 0. The highest BCUT2D eigenvalue weighted by Gasteiger charge is 2.19. The molecule has 0 spiro atoms. The lowest BCUT2D eigenvalue weighted by Gasteiger charge is -2.25. The summed E-state index contributed by atoms with van der Waals surface area (Å²) in [5, 5.41) is 11.9. The molecule has 2 amide bonds. The average molecular weight is 254 g/mol. The second-order valence-electron chi connectivity index (χ2n) is 4.68. The maximum Gasteiger partial charge on any atom is 0.317 e. The second-order valence-corrected chi connectivity index (χ2v) is 4.68. The van der Waals surface area contributed by atoms with Crippen LogP contribution in [0.15, 0.2) is 10.5 Å². The highest BCUT2D eigenvalue weighted by atomic mass is 16.3. The molecule has 0 bridgehead atoms. The molecule has 2 atom stereocenters. The number of hydrogen-bond acceptors (Lipinski definition) is 3. The first-order valence-corrected chi connectivity index (χ1v) is 6.08. The first-order chi connectivity index (χ1) is 8.36. The lowest BCUT2D eigenvalue weighted by atomic mass is 10.1. The molecule has 0 fully saturated rings. The number of aliphatic hydroxyl groups is 1. The zero-order valence-corrected chi connectivity index (χ0v) is 11.7. The number of carbonyl (C=O) groups is 1. The van der Waals surface area contributed by atoms with E-state index in [-0.39, 0.29) is 24.7 Å². The maximum absolute atomic E-state index is 11.9. The molecule has 0 saturated heterocycles. The first-order valence-electron chi connectivity index (χ1n) is 6.08. The Labute approximate surface area is 108 Å². The van der Waals surface area contributed by atoms with Crippen molar-refractivity contribution in [3.63, 3.8) is 0 Å². The minimum absolute atomic E-state index is 0.0534. The fourth-order valence-electron chi connectivity index (χ4n) is 1.77. The molecule has 5 heteroatoms. The lowest BCUT2D eigenvalue weighted by Crippen LogP contribution is -2.44. The number of aliphatic hydroxyl groups excluding tert-OH is 1. The van der Waals surface area contributed by atoms with Crippen LogP contribution in [0.2, 0.25) is 0 Å². The summed E-state index contributed by atoms with van der Waals surface area (Å²) in [5.74, 6) is 1.65. The molecular formula is C13H22N2O3. The summed E-state index contributed by atoms with van der Waals surface area (Å²) in [6, 6.07) is 1.39. The summed E-state index contributed by atoms with van der Waals surface area (Å²) in [7, 11) is 1.66. The Morgan fingerprint density at radius 1 is 1.50 bits per heavy atom. The van der Waals surface area contributed by atoms with E-state index in [0.29, 0.717) is 0 Å². The minimum atomic E-state index is -0.206. The molecule has 5 nitrogen and oxygen atoms in total. The van der Waals surface area contributed by atoms with Gasteiger partial charge < -0.3 is 19.7 Å². The molecule has 2 unspecified atom stereocenters. The number of nitrogens with zero attached hydrogens (tertiary/aromatic N) is 1. The Hall–Kier alpha value is -1.49. The topological polar surface area (TPSA) is 65.7 Å². The van der Waals surface area contributed by atoms with Crippen LogP contribution >= 0.6 is 0 Å². The molecule has 1 heterocycles. The van der Waals surface area contributed by atoms with Crippen LogP contribution in [0, 0.1) is 13.8 Å². The van der Waals surface area contributed by atoms with Crippen LogP contribution in [0.5, 0.6) is 0 Å². The van der Waals surface area contributed by atoms with Crippen molar-refractivity contribution in [2.24, 2.45) is 0 Å². The van der Waals surface area contributed by atoms with E-state index < -0.39 is 0 Å². The first kappa shape index (κ1) is 14.6. The molecule has 1 aromatic heterocycles. The SMILES string of the molecule is Cc1cc(C(C)NC(=O)N(C)C(C)CO)c(C)o1.